The number of ketones is 1. The number of ether oxygens (including phenoxy) is 1. The lowest BCUT2D eigenvalue weighted by Gasteiger charge is -2.32. The Morgan fingerprint density at radius 3 is 2.43 bits per heavy atom. The molecule has 1 heterocycles. The van der Waals surface area contributed by atoms with Gasteiger partial charge in [0.15, 0.2) is 0 Å². The van der Waals surface area contributed by atoms with Gasteiger partial charge in [0.2, 0.25) is 0 Å². The molecule has 4 nitrogen and oxygen atoms in total. The van der Waals surface area contributed by atoms with Crippen molar-refractivity contribution in [1.29, 1.82) is 0 Å². The van der Waals surface area contributed by atoms with Crippen molar-refractivity contribution in [3.63, 3.8) is 0 Å². The molecule has 1 aliphatic heterocycles. The predicted molar refractivity (Wildman–Crippen MR) is 113 cm³/mol. The number of aliphatic imine (C=N–C) groups is 1. The molecule has 1 N–H and O–H groups in total. The summed E-state index contributed by atoms with van der Waals surface area (Å²) in [5.74, 6) is 1.19. The molecule has 1 fully saturated rings. The summed E-state index contributed by atoms with van der Waals surface area (Å²) in [5, 5.41) is 10.6. The van der Waals surface area contributed by atoms with E-state index in [1.54, 1.807) is 21.0 Å². The SMILES string of the molecule is COc1cc2c(cc1C(C)(C)O)C(CC(=O)C1CCCCCC1)=NC(C)(C)C2. The Labute approximate surface area is 169 Å². The van der Waals surface area contributed by atoms with Crippen molar-refractivity contribution in [3.8, 4) is 5.75 Å². The van der Waals surface area contributed by atoms with Gasteiger partial charge in [0.1, 0.15) is 11.5 Å². The van der Waals surface area contributed by atoms with Crippen LogP contribution >= 0.6 is 0 Å². The van der Waals surface area contributed by atoms with Crippen LogP contribution in [0.25, 0.3) is 0 Å². The number of aliphatic hydroxyl groups is 1. The van der Waals surface area contributed by atoms with E-state index in [9.17, 15) is 9.90 Å². The van der Waals surface area contributed by atoms with Crippen LogP contribution in [0.3, 0.4) is 0 Å². The van der Waals surface area contributed by atoms with Gasteiger partial charge in [0, 0.05) is 17.9 Å². The number of benzene rings is 1. The van der Waals surface area contributed by atoms with Gasteiger partial charge < -0.3 is 9.84 Å². The minimum atomic E-state index is -1.02. The summed E-state index contributed by atoms with van der Waals surface area (Å²) in [5.41, 5.74) is 2.49. The first-order chi connectivity index (χ1) is 13.1. The van der Waals surface area contributed by atoms with Crippen molar-refractivity contribution in [2.75, 3.05) is 7.11 Å². The van der Waals surface area contributed by atoms with Gasteiger partial charge in [-0.15, -0.1) is 0 Å². The molecule has 28 heavy (non-hydrogen) atoms. The van der Waals surface area contributed by atoms with Gasteiger partial charge in [0.25, 0.3) is 0 Å². The summed E-state index contributed by atoms with van der Waals surface area (Å²) < 4.78 is 5.56. The van der Waals surface area contributed by atoms with Crippen LogP contribution < -0.4 is 4.74 Å². The van der Waals surface area contributed by atoms with Crippen molar-refractivity contribution < 1.29 is 14.6 Å². The number of carbonyl (C=O) groups excluding carboxylic acids is 1. The van der Waals surface area contributed by atoms with Crippen LogP contribution in [0.15, 0.2) is 17.1 Å². The van der Waals surface area contributed by atoms with Gasteiger partial charge >= 0.3 is 0 Å². The summed E-state index contributed by atoms with van der Waals surface area (Å²) in [6, 6.07) is 4.01. The zero-order valence-electron chi connectivity index (χ0n) is 18.1. The molecule has 1 aromatic rings. The Morgan fingerprint density at radius 1 is 1.21 bits per heavy atom. The minimum Gasteiger partial charge on any atom is -0.496 e. The van der Waals surface area contributed by atoms with E-state index in [4.69, 9.17) is 9.73 Å². The fourth-order valence-corrected chi connectivity index (χ4v) is 4.66. The Morgan fingerprint density at radius 2 is 1.86 bits per heavy atom. The Hall–Kier alpha value is -1.68. The topological polar surface area (TPSA) is 58.9 Å². The third kappa shape index (κ3) is 4.65. The fourth-order valence-electron chi connectivity index (χ4n) is 4.66. The number of nitrogens with zero attached hydrogens (tertiary/aromatic N) is 1. The second-order valence-corrected chi connectivity index (χ2v) is 9.65. The van der Waals surface area contributed by atoms with E-state index in [-0.39, 0.29) is 11.5 Å². The molecule has 154 valence electrons. The predicted octanol–water partition coefficient (Wildman–Crippen LogP) is 4.98. The van der Waals surface area contributed by atoms with Crippen molar-refractivity contribution in [2.24, 2.45) is 10.9 Å². The number of methoxy groups -OCH3 is 1. The van der Waals surface area contributed by atoms with Crippen molar-refractivity contribution in [2.45, 2.75) is 90.2 Å². The zero-order valence-corrected chi connectivity index (χ0v) is 18.1. The van der Waals surface area contributed by atoms with Crippen LogP contribution in [-0.4, -0.2) is 29.3 Å². The highest BCUT2D eigenvalue weighted by Crippen LogP contribution is 2.37. The van der Waals surface area contributed by atoms with Crippen LogP contribution in [0.2, 0.25) is 0 Å². The highest BCUT2D eigenvalue weighted by molar-refractivity contribution is 6.13. The Bertz CT molecular complexity index is 763. The summed E-state index contributed by atoms with van der Waals surface area (Å²) in [6.45, 7) is 7.75. The minimum absolute atomic E-state index is 0.172. The first-order valence-electron chi connectivity index (χ1n) is 10.7. The van der Waals surface area contributed by atoms with Gasteiger partial charge in [-0.2, -0.15) is 0 Å². The lowest BCUT2D eigenvalue weighted by atomic mass is 9.81. The molecule has 0 radical (unpaired) electrons. The van der Waals surface area contributed by atoms with Crippen LogP contribution in [0.4, 0.5) is 0 Å². The average molecular weight is 386 g/mol. The van der Waals surface area contributed by atoms with Crippen molar-refractivity contribution in [1.82, 2.24) is 0 Å². The van der Waals surface area contributed by atoms with Crippen LogP contribution in [-0.2, 0) is 16.8 Å². The lowest BCUT2D eigenvalue weighted by molar-refractivity contribution is -0.122. The number of hydrogen-bond acceptors (Lipinski definition) is 4. The lowest BCUT2D eigenvalue weighted by Crippen LogP contribution is -2.31. The van der Waals surface area contributed by atoms with Gasteiger partial charge in [-0.05, 0) is 70.2 Å². The second kappa shape index (κ2) is 7.98. The standard InChI is InChI=1S/C24H35NO3/c1-23(2)15-17-12-22(28-5)19(24(3,4)27)13-18(17)20(25-23)14-21(26)16-10-8-6-7-9-11-16/h12-13,16,27H,6-11,14-15H2,1-5H3. The van der Waals surface area contributed by atoms with E-state index in [0.717, 1.165) is 54.5 Å². The summed E-state index contributed by atoms with van der Waals surface area (Å²) >= 11 is 0. The van der Waals surface area contributed by atoms with Crippen LogP contribution in [0, 0.1) is 5.92 Å². The molecule has 0 unspecified atom stereocenters. The number of fused-ring (bicyclic) bond motifs is 1. The fraction of sp³-hybridized carbons (Fsp3) is 0.667. The van der Waals surface area contributed by atoms with E-state index in [2.05, 4.69) is 13.8 Å². The molecule has 3 rings (SSSR count). The number of Topliss-reactive ketones (excluding diaryl/α,β-unsaturated/α-hetero) is 1. The highest BCUT2D eigenvalue weighted by atomic mass is 16.5. The summed E-state index contributed by atoms with van der Waals surface area (Å²) in [6.07, 6.45) is 8.02. The Balaban J connectivity index is 1.97. The molecule has 1 aromatic carbocycles. The van der Waals surface area contributed by atoms with E-state index < -0.39 is 5.60 Å². The zero-order chi connectivity index (χ0) is 20.5. The molecule has 0 spiro atoms. The second-order valence-electron chi connectivity index (χ2n) is 9.65. The first kappa shape index (κ1) is 21.0. The maximum absolute atomic E-state index is 13.1. The quantitative estimate of drug-likeness (QED) is 0.728. The average Bonchev–Trinajstić information content (AvgIpc) is 2.88. The molecule has 0 aromatic heterocycles. The van der Waals surface area contributed by atoms with Crippen molar-refractivity contribution in [3.05, 3.63) is 28.8 Å². The van der Waals surface area contributed by atoms with Gasteiger partial charge in [-0.1, -0.05) is 25.7 Å². The molecule has 0 atom stereocenters. The molecular weight excluding hydrogens is 350 g/mol. The Kier molecular flexibility index (Phi) is 6.00. The molecular formula is C24H35NO3. The van der Waals surface area contributed by atoms with E-state index in [0.29, 0.717) is 18.0 Å². The molecule has 4 heteroatoms. The van der Waals surface area contributed by atoms with E-state index in [1.165, 1.54) is 12.8 Å². The molecule has 0 amide bonds. The van der Waals surface area contributed by atoms with Gasteiger partial charge in [-0.25, -0.2) is 0 Å². The van der Waals surface area contributed by atoms with Crippen LogP contribution in [0.5, 0.6) is 5.75 Å². The van der Waals surface area contributed by atoms with Crippen LogP contribution in [0.1, 0.15) is 89.3 Å². The largest absolute Gasteiger partial charge is 0.496 e. The maximum atomic E-state index is 13.1. The third-order valence-electron chi connectivity index (χ3n) is 6.11. The van der Waals surface area contributed by atoms with Crippen molar-refractivity contribution >= 4 is 11.5 Å². The first-order valence-corrected chi connectivity index (χ1v) is 10.7. The normalized spacial score (nSPS) is 20.1. The smallest absolute Gasteiger partial charge is 0.141 e. The van der Waals surface area contributed by atoms with Gasteiger partial charge in [0.05, 0.1) is 24.0 Å². The maximum Gasteiger partial charge on any atom is 0.141 e. The number of hydrogen-bond donors (Lipinski definition) is 1. The molecule has 0 saturated heterocycles. The molecule has 1 saturated carbocycles. The molecule has 1 aliphatic carbocycles. The van der Waals surface area contributed by atoms with E-state index in [1.807, 2.05) is 12.1 Å². The van der Waals surface area contributed by atoms with E-state index >= 15 is 0 Å². The molecule has 2 aliphatic rings. The third-order valence-corrected chi connectivity index (χ3v) is 6.11. The monoisotopic (exact) mass is 385 g/mol. The van der Waals surface area contributed by atoms with Gasteiger partial charge in [-0.3, -0.25) is 9.79 Å². The summed E-state index contributed by atoms with van der Waals surface area (Å²) in [4.78, 5) is 18.1. The summed E-state index contributed by atoms with van der Waals surface area (Å²) in [7, 11) is 1.63. The highest BCUT2D eigenvalue weighted by Gasteiger charge is 2.32. The number of rotatable bonds is 5. The number of carbonyl (C=O) groups is 1. The molecule has 0 bridgehead atoms.